The van der Waals surface area contributed by atoms with Gasteiger partial charge in [-0.2, -0.15) is 0 Å². The number of para-hydroxylation sites is 1. The fraction of sp³-hybridized carbons (Fsp3) is 0.286. The molecular weight excluding hydrogens is 294 g/mol. The number of fused-ring (bicyclic) bond motifs is 2. The molecule has 1 aromatic heterocycles. The van der Waals surface area contributed by atoms with E-state index in [0.29, 0.717) is 0 Å². The van der Waals surface area contributed by atoms with Crippen LogP contribution in [0, 0.1) is 0 Å². The summed E-state index contributed by atoms with van der Waals surface area (Å²) in [4.78, 5) is 7.26. The van der Waals surface area contributed by atoms with Crippen LogP contribution in [-0.4, -0.2) is 18.1 Å². The lowest BCUT2D eigenvalue weighted by Crippen LogP contribution is -2.30. The Labute approximate surface area is 143 Å². The van der Waals surface area contributed by atoms with E-state index < -0.39 is 0 Å². The molecule has 3 heteroatoms. The van der Waals surface area contributed by atoms with Crippen molar-refractivity contribution in [3.63, 3.8) is 0 Å². The fourth-order valence-electron chi connectivity index (χ4n) is 3.46. The van der Waals surface area contributed by atoms with Gasteiger partial charge < -0.3 is 10.2 Å². The van der Waals surface area contributed by atoms with E-state index in [0.717, 1.165) is 43.8 Å². The van der Waals surface area contributed by atoms with E-state index in [-0.39, 0.29) is 0 Å². The smallest absolute Gasteiger partial charge is 0.128 e. The number of aromatic nitrogens is 1. The van der Waals surface area contributed by atoms with Crippen molar-refractivity contribution in [2.24, 2.45) is 0 Å². The summed E-state index contributed by atoms with van der Waals surface area (Å²) in [7, 11) is 0. The highest BCUT2D eigenvalue weighted by molar-refractivity contribution is 5.93. The summed E-state index contributed by atoms with van der Waals surface area (Å²) in [5.74, 6) is 0.976. The topological polar surface area (TPSA) is 28.2 Å². The molecule has 0 radical (unpaired) electrons. The summed E-state index contributed by atoms with van der Waals surface area (Å²) < 4.78 is 0. The molecule has 3 nitrogen and oxygen atoms in total. The predicted octanol–water partition coefficient (Wildman–Crippen LogP) is 4.62. The maximum atomic E-state index is 4.77. The van der Waals surface area contributed by atoms with E-state index in [2.05, 4.69) is 71.7 Å². The first-order valence-electron chi connectivity index (χ1n) is 8.80. The molecule has 0 unspecified atom stereocenters. The quantitative estimate of drug-likeness (QED) is 0.761. The highest BCUT2D eigenvalue weighted by atomic mass is 15.1. The zero-order valence-corrected chi connectivity index (χ0v) is 14.1. The van der Waals surface area contributed by atoms with Crippen LogP contribution in [0.2, 0.25) is 0 Å². The van der Waals surface area contributed by atoms with Crippen LogP contribution in [0.25, 0.3) is 10.9 Å². The second-order valence-corrected chi connectivity index (χ2v) is 6.41. The number of pyridine rings is 1. The number of rotatable bonds is 4. The van der Waals surface area contributed by atoms with Crippen LogP contribution >= 0.6 is 0 Å². The van der Waals surface area contributed by atoms with Gasteiger partial charge in [-0.1, -0.05) is 49.4 Å². The Morgan fingerprint density at radius 2 is 1.83 bits per heavy atom. The van der Waals surface area contributed by atoms with E-state index in [4.69, 9.17) is 4.98 Å². The molecule has 0 aliphatic carbocycles. The Morgan fingerprint density at radius 1 is 1.04 bits per heavy atom. The van der Waals surface area contributed by atoms with Crippen molar-refractivity contribution in [3.8, 4) is 0 Å². The molecule has 0 fully saturated rings. The molecule has 1 N–H and O–H groups in total. The van der Waals surface area contributed by atoms with E-state index >= 15 is 0 Å². The van der Waals surface area contributed by atoms with Gasteiger partial charge >= 0.3 is 0 Å². The molecule has 0 spiro atoms. The van der Waals surface area contributed by atoms with Crippen LogP contribution in [0.4, 0.5) is 11.5 Å². The van der Waals surface area contributed by atoms with E-state index in [1.165, 1.54) is 22.2 Å². The Balaban J connectivity index is 1.75. The maximum absolute atomic E-state index is 4.77. The van der Waals surface area contributed by atoms with Gasteiger partial charge in [-0.05, 0) is 30.0 Å². The summed E-state index contributed by atoms with van der Waals surface area (Å²) in [6, 6.07) is 19.5. The van der Waals surface area contributed by atoms with Crippen LogP contribution in [0.3, 0.4) is 0 Å². The molecule has 4 rings (SSSR count). The number of hydrogen-bond donors (Lipinski definition) is 1. The molecule has 24 heavy (non-hydrogen) atoms. The van der Waals surface area contributed by atoms with Gasteiger partial charge in [-0.25, -0.2) is 4.98 Å². The number of benzene rings is 2. The molecule has 3 aromatic rings. The van der Waals surface area contributed by atoms with Gasteiger partial charge in [0.15, 0.2) is 0 Å². The average molecular weight is 317 g/mol. The third kappa shape index (κ3) is 2.82. The standard InChI is InChI=1S/C21H23N3/c1-2-12-22-21-14-20(18-9-5-6-10-19(18)23-21)24-13-11-16-7-3-4-8-17(16)15-24/h3-10,14H,2,11-13,15H2,1H3,(H,22,23). The highest BCUT2D eigenvalue weighted by Gasteiger charge is 2.18. The van der Waals surface area contributed by atoms with Gasteiger partial charge in [0.1, 0.15) is 5.82 Å². The Kier molecular flexibility index (Phi) is 4.08. The molecule has 1 aliphatic rings. The van der Waals surface area contributed by atoms with Gasteiger partial charge in [0.2, 0.25) is 0 Å². The van der Waals surface area contributed by atoms with Gasteiger partial charge in [0.05, 0.1) is 11.2 Å². The second-order valence-electron chi connectivity index (χ2n) is 6.41. The van der Waals surface area contributed by atoms with E-state index in [1.54, 1.807) is 0 Å². The Morgan fingerprint density at radius 3 is 2.71 bits per heavy atom. The first-order chi connectivity index (χ1) is 11.8. The maximum Gasteiger partial charge on any atom is 0.128 e. The zero-order chi connectivity index (χ0) is 16.4. The highest BCUT2D eigenvalue weighted by Crippen LogP contribution is 2.32. The first-order valence-corrected chi connectivity index (χ1v) is 8.80. The largest absolute Gasteiger partial charge is 0.370 e. The van der Waals surface area contributed by atoms with Crippen molar-refractivity contribution in [1.82, 2.24) is 4.98 Å². The normalized spacial score (nSPS) is 13.8. The van der Waals surface area contributed by atoms with Crippen LogP contribution < -0.4 is 10.2 Å². The van der Waals surface area contributed by atoms with Crippen LogP contribution in [0.15, 0.2) is 54.6 Å². The van der Waals surface area contributed by atoms with Gasteiger partial charge in [0.25, 0.3) is 0 Å². The molecule has 0 bridgehead atoms. The molecule has 0 atom stereocenters. The van der Waals surface area contributed by atoms with Gasteiger partial charge in [-0.15, -0.1) is 0 Å². The number of anilines is 2. The van der Waals surface area contributed by atoms with Crippen molar-refractivity contribution in [2.75, 3.05) is 23.3 Å². The summed E-state index contributed by atoms with van der Waals surface area (Å²) in [5, 5.41) is 4.68. The SMILES string of the molecule is CCCNc1cc(N2CCc3ccccc3C2)c2ccccc2n1. The minimum atomic E-state index is 0.952. The summed E-state index contributed by atoms with van der Waals surface area (Å²) >= 11 is 0. The molecule has 2 aromatic carbocycles. The first kappa shape index (κ1) is 15.0. The van der Waals surface area contributed by atoms with Crippen molar-refractivity contribution in [1.29, 1.82) is 0 Å². The van der Waals surface area contributed by atoms with E-state index in [9.17, 15) is 0 Å². The molecule has 0 amide bonds. The third-order valence-corrected chi connectivity index (χ3v) is 4.72. The minimum absolute atomic E-state index is 0.952. The molecule has 0 saturated carbocycles. The van der Waals surface area contributed by atoms with Crippen molar-refractivity contribution >= 4 is 22.4 Å². The minimum Gasteiger partial charge on any atom is -0.370 e. The molecule has 122 valence electrons. The lowest BCUT2D eigenvalue weighted by Gasteiger charge is -2.31. The summed E-state index contributed by atoms with van der Waals surface area (Å²) in [5.41, 5.74) is 5.27. The van der Waals surface area contributed by atoms with Crippen molar-refractivity contribution in [3.05, 3.63) is 65.7 Å². The van der Waals surface area contributed by atoms with Crippen molar-refractivity contribution in [2.45, 2.75) is 26.3 Å². The Bertz CT molecular complexity index is 857. The average Bonchev–Trinajstić information content (AvgIpc) is 2.65. The monoisotopic (exact) mass is 317 g/mol. The zero-order valence-electron chi connectivity index (χ0n) is 14.1. The van der Waals surface area contributed by atoms with Crippen molar-refractivity contribution < 1.29 is 0 Å². The molecule has 0 saturated heterocycles. The van der Waals surface area contributed by atoms with Gasteiger partial charge in [-0.3, -0.25) is 0 Å². The molecule has 1 aliphatic heterocycles. The van der Waals surface area contributed by atoms with Crippen LogP contribution in [-0.2, 0) is 13.0 Å². The summed E-state index contributed by atoms with van der Waals surface area (Å²) in [6.07, 6.45) is 2.20. The third-order valence-electron chi connectivity index (χ3n) is 4.72. The molecular formula is C21H23N3. The number of hydrogen-bond acceptors (Lipinski definition) is 3. The number of nitrogens with zero attached hydrogens (tertiary/aromatic N) is 2. The lowest BCUT2D eigenvalue weighted by molar-refractivity contribution is 0.734. The van der Waals surface area contributed by atoms with E-state index in [1.807, 2.05) is 0 Å². The predicted molar refractivity (Wildman–Crippen MR) is 102 cm³/mol. The summed E-state index contributed by atoms with van der Waals surface area (Å²) in [6.45, 7) is 5.15. The van der Waals surface area contributed by atoms with Crippen LogP contribution in [0.5, 0.6) is 0 Å². The lowest BCUT2D eigenvalue weighted by atomic mass is 9.99. The Hall–Kier alpha value is -2.55. The second kappa shape index (κ2) is 6.52. The van der Waals surface area contributed by atoms with Gasteiger partial charge in [0, 0.05) is 31.1 Å². The molecule has 2 heterocycles. The van der Waals surface area contributed by atoms with Crippen LogP contribution in [0.1, 0.15) is 24.5 Å². The number of nitrogens with one attached hydrogen (secondary N) is 1. The fourth-order valence-corrected chi connectivity index (χ4v) is 3.46.